The first-order valence-corrected chi connectivity index (χ1v) is 8.73. The van der Waals surface area contributed by atoms with Gasteiger partial charge in [0, 0.05) is 12.6 Å². The van der Waals surface area contributed by atoms with Crippen LogP contribution in [0.2, 0.25) is 0 Å². The maximum absolute atomic E-state index is 11.5. The molecule has 2 amide bonds. The Bertz CT molecular complexity index is 442. The predicted octanol–water partition coefficient (Wildman–Crippen LogP) is 1.56. The topological polar surface area (TPSA) is 89.7 Å². The maximum atomic E-state index is 11.5. The van der Waals surface area contributed by atoms with Crippen LogP contribution in [0.5, 0.6) is 0 Å². The highest BCUT2D eigenvalue weighted by Gasteiger charge is 2.37. The number of amides is 2. The lowest BCUT2D eigenvalue weighted by atomic mass is 9.76. The van der Waals surface area contributed by atoms with E-state index in [0.29, 0.717) is 18.9 Å². The fourth-order valence-corrected chi connectivity index (χ4v) is 3.15. The highest BCUT2D eigenvalue weighted by Crippen LogP contribution is 2.35. The van der Waals surface area contributed by atoms with E-state index in [1.165, 1.54) is 0 Å². The van der Waals surface area contributed by atoms with Gasteiger partial charge in [-0.2, -0.15) is 8.42 Å². The first-order valence-electron chi connectivity index (χ1n) is 6.91. The SMILES string of the molecule is CC(C)(C)C1CC(CCOS(C)(=O)=O)CCN1C(N)=O. The Kier molecular flexibility index (Phi) is 5.43. The van der Waals surface area contributed by atoms with Gasteiger partial charge in [0.2, 0.25) is 0 Å². The summed E-state index contributed by atoms with van der Waals surface area (Å²) in [6, 6.07) is -0.298. The van der Waals surface area contributed by atoms with Gasteiger partial charge >= 0.3 is 6.03 Å². The molecule has 1 fully saturated rings. The minimum Gasteiger partial charge on any atom is -0.351 e. The Hall–Kier alpha value is -0.820. The number of carbonyl (C=O) groups is 1. The van der Waals surface area contributed by atoms with Crippen LogP contribution in [-0.4, -0.2) is 44.8 Å². The van der Waals surface area contributed by atoms with Crippen LogP contribution in [0.25, 0.3) is 0 Å². The van der Waals surface area contributed by atoms with Gasteiger partial charge < -0.3 is 10.6 Å². The molecule has 0 bridgehead atoms. The predicted molar refractivity (Wildman–Crippen MR) is 77.7 cm³/mol. The van der Waals surface area contributed by atoms with Crippen molar-refractivity contribution < 1.29 is 17.4 Å². The van der Waals surface area contributed by atoms with Crippen molar-refractivity contribution in [3.05, 3.63) is 0 Å². The van der Waals surface area contributed by atoms with Crippen LogP contribution in [0.1, 0.15) is 40.0 Å². The standard InChI is InChI=1S/C13H26N2O4S/c1-13(2,3)11-9-10(5-7-15(11)12(14)16)6-8-19-20(4,17)18/h10-11H,5-9H2,1-4H3,(H2,14,16). The molecule has 118 valence electrons. The van der Waals surface area contributed by atoms with Crippen molar-refractivity contribution in [1.82, 2.24) is 4.90 Å². The lowest BCUT2D eigenvalue weighted by molar-refractivity contribution is 0.0619. The van der Waals surface area contributed by atoms with Gasteiger partial charge in [-0.15, -0.1) is 0 Å². The molecule has 0 aliphatic carbocycles. The summed E-state index contributed by atoms with van der Waals surface area (Å²) in [4.78, 5) is 13.2. The molecule has 0 spiro atoms. The highest BCUT2D eigenvalue weighted by atomic mass is 32.2. The van der Waals surface area contributed by atoms with Crippen LogP contribution in [0.4, 0.5) is 4.79 Å². The smallest absolute Gasteiger partial charge is 0.315 e. The van der Waals surface area contributed by atoms with Gasteiger partial charge in [-0.25, -0.2) is 4.79 Å². The molecule has 2 N–H and O–H groups in total. The van der Waals surface area contributed by atoms with Gasteiger partial charge in [-0.05, 0) is 30.6 Å². The zero-order valence-corrected chi connectivity index (χ0v) is 13.6. The van der Waals surface area contributed by atoms with Crippen LogP contribution in [0.3, 0.4) is 0 Å². The number of nitrogens with two attached hydrogens (primary N) is 1. The summed E-state index contributed by atoms with van der Waals surface area (Å²) in [5.41, 5.74) is 5.39. The molecule has 0 aromatic rings. The van der Waals surface area contributed by atoms with E-state index in [-0.39, 0.29) is 24.1 Å². The molecule has 1 aliphatic heterocycles. The van der Waals surface area contributed by atoms with E-state index in [0.717, 1.165) is 19.1 Å². The molecule has 1 rings (SSSR count). The Morgan fingerprint density at radius 3 is 2.45 bits per heavy atom. The van der Waals surface area contributed by atoms with Crippen molar-refractivity contribution in [2.24, 2.45) is 17.1 Å². The second-order valence-corrected chi connectivity index (χ2v) is 8.26. The molecular formula is C13H26N2O4S. The molecular weight excluding hydrogens is 280 g/mol. The fraction of sp³-hybridized carbons (Fsp3) is 0.923. The van der Waals surface area contributed by atoms with E-state index in [4.69, 9.17) is 9.92 Å². The summed E-state index contributed by atoms with van der Waals surface area (Å²) in [6.07, 6.45) is 3.41. The number of hydrogen-bond donors (Lipinski definition) is 1. The molecule has 0 aromatic heterocycles. The third-order valence-electron chi connectivity index (χ3n) is 3.82. The third-order valence-corrected chi connectivity index (χ3v) is 4.41. The van der Waals surface area contributed by atoms with Gasteiger partial charge in [-0.3, -0.25) is 4.18 Å². The normalized spacial score (nSPS) is 24.7. The molecule has 7 heteroatoms. The number of hydrogen-bond acceptors (Lipinski definition) is 4. The van der Waals surface area contributed by atoms with Crippen molar-refractivity contribution in [2.45, 2.75) is 46.1 Å². The van der Waals surface area contributed by atoms with Crippen LogP contribution >= 0.6 is 0 Å². The summed E-state index contributed by atoms with van der Waals surface area (Å²) < 4.78 is 26.7. The number of urea groups is 1. The Balaban J connectivity index is 2.61. The van der Waals surface area contributed by atoms with Gasteiger partial charge in [0.25, 0.3) is 10.1 Å². The molecule has 1 saturated heterocycles. The zero-order valence-electron chi connectivity index (χ0n) is 12.8. The number of rotatable bonds is 4. The minimum atomic E-state index is -3.38. The zero-order chi connectivity index (χ0) is 15.6. The van der Waals surface area contributed by atoms with Crippen molar-refractivity contribution in [1.29, 1.82) is 0 Å². The second kappa shape index (κ2) is 6.30. The Labute approximate surface area is 121 Å². The van der Waals surface area contributed by atoms with Gasteiger partial charge in [0.1, 0.15) is 0 Å². The highest BCUT2D eigenvalue weighted by molar-refractivity contribution is 7.85. The summed E-state index contributed by atoms with van der Waals surface area (Å²) >= 11 is 0. The largest absolute Gasteiger partial charge is 0.351 e. The van der Waals surface area contributed by atoms with Crippen molar-refractivity contribution in [2.75, 3.05) is 19.4 Å². The van der Waals surface area contributed by atoms with E-state index in [1.807, 2.05) is 0 Å². The fourth-order valence-electron chi connectivity index (χ4n) is 2.75. The Morgan fingerprint density at radius 2 is 2.00 bits per heavy atom. The molecule has 6 nitrogen and oxygen atoms in total. The summed E-state index contributed by atoms with van der Waals surface area (Å²) in [5, 5.41) is 0. The van der Waals surface area contributed by atoms with E-state index >= 15 is 0 Å². The molecule has 2 unspecified atom stereocenters. The number of carbonyl (C=O) groups excluding carboxylic acids is 1. The second-order valence-electron chi connectivity index (χ2n) is 6.62. The van der Waals surface area contributed by atoms with Crippen LogP contribution < -0.4 is 5.73 Å². The first kappa shape index (κ1) is 17.2. The summed E-state index contributed by atoms with van der Waals surface area (Å²) in [7, 11) is -3.38. The third kappa shape index (κ3) is 5.28. The average Bonchev–Trinajstić information content (AvgIpc) is 2.25. The van der Waals surface area contributed by atoms with Gasteiger partial charge in [0.05, 0.1) is 12.9 Å². The lowest BCUT2D eigenvalue weighted by Crippen LogP contribution is -2.53. The van der Waals surface area contributed by atoms with Gasteiger partial charge in [-0.1, -0.05) is 20.8 Å². The quantitative estimate of drug-likeness (QED) is 0.798. The van der Waals surface area contributed by atoms with Crippen molar-refractivity contribution in [3.63, 3.8) is 0 Å². The summed E-state index contributed by atoms with van der Waals surface area (Å²) in [5.74, 6) is 0.358. The van der Waals surface area contributed by atoms with E-state index in [9.17, 15) is 13.2 Å². The maximum Gasteiger partial charge on any atom is 0.315 e. The van der Waals surface area contributed by atoms with Crippen LogP contribution in [0, 0.1) is 11.3 Å². The minimum absolute atomic E-state index is 0.0502. The van der Waals surface area contributed by atoms with E-state index in [1.54, 1.807) is 4.90 Å². The van der Waals surface area contributed by atoms with E-state index in [2.05, 4.69) is 20.8 Å². The van der Waals surface area contributed by atoms with Crippen molar-refractivity contribution >= 4 is 16.1 Å². The van der Waals surface area contributed by atoms with Gasteiger partial charge in [0.15, 0.2) is 0 Å². The molecule has 2 atom stereocenters. The number of primary amides is 1. The molecule has 0 saturated carbocycles. The molecule has 1 aliphatic rings. The first-order chi connectivity index (χ1) is 9.00. The number of nitrogens with zero attached hydrogens (tertiary/aromatic N) is 1. The average molecular weight is 306 g/mol. The molecule has 20 heavy (non-hydrogen) atoms. The monoisotopic (exact) mass is 306 g/mol. The van der Waals surface area contributed by atoms with E-state index < -0.39 is 10.1 Å². The Morgan fingerprint density at radius 1 is 1.40 bits per heavy atom. The van der Waals surface area contributed by atoms with Crippen LogP contribution in [0.15, 0.2) is 0 Å². The molecule has 1 heterocycles. The van der Waals surface area contributed by atoms with Crippen LogP contribution in [-0.2, 0) is 14.3 Å². The summed E-state index contributed by atoms with van der Waals surface area (Å²) in [6.45, 7) is 7.09. The number of piperidine rings is 1. The molecule has 0 radical (unpaired) electrons. The lowest BCUT2D eigenvalue weighted by Gasteiger charge is -2.45. The van der Waals surface area contributed by atoms with Crippen molar-refractivity contribution in [3.8, 4) is 0 Å². The molecule has 0 aromatic carbocycles. The number of likely N-dealkylation sites (tertiary alicyclic amines) is 1.